The Labute approximate surface area is 120 Å². The fourth-order valence-electron chi connectivity index (χ4n) is 2.81. The molecule has 0 unspecified atom stereocenters. The lowest BCUT2D eigenvalue weighted by molar-refractivity contribution is 0.356. The van der Waals surface area contributed by atoms with E-state index in [0.717, 1.165) is 29.9 Å². The maximum atomic E-state index is 5.73. The molecule has 0 aromatic carbocycles. The Morgan fingerprint density at radius 2 is 1.95 bits per heavy atom. The van der Waals surface area contributed by atoms with E-state index in [-0.39, 0.29) is 0 Å². The summed E-state index contributed by atoms with van der Waals surface area (Å²) in [4.78, 5) is 0. The van der Waals surface area contributed by atoms with Gasteiger partial charge in [0.2, 0.25) is 0 Å². The van der Waals surface area contributed by atoms with Gasteiger partial charge < -0.3 is 10.3 Å². The van der Waals surface area contributed by atoms with Crippen molar-refractivity contribution in [2.75, 3.05) is 0 Å². The Balaban J connectivity index is 1.97. The molecule has 0 saturated heterocycles. The standard InChI is InChI=1S/C14H26N4S/c1-3-9-18-13(10-15)16-17-14(18)19-12-7-5-11(4-2)6-8-12/h11-12H,3-10,15H2,1-2H3. The zero-order valence-corrected chi connectivity index (χ0v) is 13.0. The van der Waals surface area contributed by atoms with Crippen molar-refractivity contribution in [2.24, 2.45) is 11.7 Å². The SMILES string of the molecule is CCCn1c(CN)nnc1SC1CCC(CC)CC1. The van der Waals surface area contributed by atoms with Crippen LogP contribution in [0.2, 0.25) is 0 Å². The minimum absolute atomic E-state index is 0.482. The highest BCUT2D eigenvalue weighted by Gasteiger charge is 2.23. The molecule has 1 heterocycles. The Bertz CT molecular complexity index is 383. The highest BCUT2D eigenvalue weighted by Crippen LogP contribution is 2.36. The topological polar surface area (TPSA) is 56.7 Å². The van der Waals surface area contributed by atoms with Gasteiger partial charge in [0.25, 0.3) is 0 Å². The first-order valence-electron chi connectivity index (χ1n) is 7.57. The van der Waals surface area contributed by atoms with Gasteiger partial charge in [-0.05, 0) is 38.0 Å². The van der Waals surface area contributed by atoms with E-state index in [1.54, 1.807) is 0 Å². The van der Waals surface area contributed by atoms with Gasteiger partial charge in [-0.25, -0.2) is 0 Å². The molecular weight excluding hydrogens is 256 g/mol. The summed E-state index contributed by atoms with van der Waals surface area (Å²) >= 11 is 1.91. The number of thioether (sulfide) groups is 1. The fourth-order valence-corrected chi connectivity index (χ4v) is 4.03. The molecule has 0 atom stereocenters. The first-order chi connectivity index (χ1) is 9.28. The predicted octanol–water partition coefficient (Wildman–Crippen LogP) is 3.21. The highest BCUT2D eigenvalue weighted by atomic mass is 32.2. The minimum atomic E-state index is 0.482. The largest absolute Gasteiger partial charge is 0.324 e. The van der Waals surface area contributed by atoms with E-state index < -0.39 is 0 Å². The van der Waals surface area contributed by atoms with E-state index in [2.05, 4.69) is 28.6 Å². The first kappa shape index (κ1) is 14.9. The molecule has 108 valence electrons. The molecule has 2 rings (SSSR count). The third kappa shape index (κ3) is 3.72. The Morgan fingerprint density at radius 3 is 2.53 bits per heavy atom. The quantitative estimate of drug-likeness (QED) is 0.870. The maximum absolute atomic E-state index is 5.73. The van der Waals surface area contributed by atoms with Gasteiger partial charge in [0, 0.05) is 11.8 Å². The number of nitrogens with two attached hydrogens (primary N) is 1. The first-order valence-corrected chi connectivity index (χ1v) is 8.45. The molecule has 1 aliphatic rings. The fraction of sp³-hybridized carbons (Fsp3) is 0.857. The van der Waals surface area contributed by atoms with Crippen LogP contribution in [0.1, 0.15) is 58.2 Å². The monoisotopic (exact) mass is 282 g/mol. The van der Waals surface area contributed by atoms with E-state index in [4.69, 9.17) is 5.73 Å². The zero-order chi connectivity index (χ0) is 13.7. The van der Waals surface area contributed by atoms with E-state index in [0.29, 0.717) is 11.8 Å². The average molecular weight is 282 g/mol. The van der Waals surface area contributed by atoms with Crippen LogP contribution in [0.15, 0.2) is 5.16 Å². The van der Waals surface area contributed by atoms with Crippen molar-refractivity contribution in [1.82, 2.24) is 14.8 Å². The second-order valence-corrected chi connectivity index (χ2v) is 6.69. The molecule has 1 aromatic heterocycles. The summed E-state index contributed by atoms with van der Waals surface area (Å²) in [6.07, 6.45) is 7.82. The lowest BCUT2D eigenvalue weighted by atomic mass is 9.87. The van der Waals surface area contributed by atoms with Crippen LogP contribution in [-0.4, -0.2) is 20.0 Å². The molecule has 2 N–H and O–H groups in total. The molecule has 4 nitrogen and oxygen atoms in total. The van der Waals surface area contributed by atoms with Gasteiger partial charge in [-0.3, -0.25) is 0 Å². The van der Waals surface area contributed by atoms with Gasteiger partial charge >= 0.3 is 0 Å². The van der Waals surface area contributed by atoms with Gasteiger partial charge in [0.15, 0.2) is 5.16 Å². The summed E-state index contributed by atoms with van der Waals surface area (Å²) in [7, 11) is 0. The summed E-state index contributed by atoms with van der Waals surface area (Å²) < 4.78 is 2.20. The van der Waals surface area contributed by atoms with Gasteiger partial charge in [-0.1, -0.05) is 32.0 Å². The molecule has 0 bridgehead atoms. The molecule has 0 spiro atoms. The Hall–Kier alpha value is -0.550. The number of hydrogen-bond acceptors (Lipinski definition) is 4. The third-order valence-corrected chi connectivity index (χ3v) is 5.38. The summed E-state index contributed by atoms with van der Waals surface area (Å²) in [5, 5.41) is 10.3. The third-order valence-electron chi connectivity index (χ3n) is 4.07. The normalized spacial score (nSPS) is 23.7. The molecule has 1 fully saturated rings. The summed E-state index contributed by atoms with van der Waals surface area (Å²) in [6.45, 7) is 5.95. The van der Waals surface area contributed by atoms with Crippen molar-refractivity contribution in [3.05, 3.63) is 5.82 Å². The van der Waals surface area contributed by atoms with Gasteiger partial charge in [0.1, 0.15) is 5.82 Å². The van der Waals surface area contributed by atoms with Crippen molar-refractivity contribution < 1.29 is 0 Å². The zero-order valence-electron chi connectivity index (χ0n) is 12.1. The van der Waals surface area contributed by atoms with Crippen LogP contribution in [0.25, 0.3) is 0 Å². The van der Waals surface area contributed by atoms with Gasteiger partial charge in [-0.15, -0.1) is 10.2 Å². The van der Waals surface area contributed by atoms with Crippen LogP contribution in [0.5, 0.6) is 0 Å². The summed E-state index contributed by atoms with van der Waals surface area (Å²) in [6, 6.07) is 0. The minimum Gasteiger partial charge on any atom is -0.324 e. The van der Waals surface area contributed by atoms with Crippen molar-refractivity contribution in [3.63, 3.8) is 0 Å². The van der Waals surface area contributed by atoms with Gasteiger partial charge in [0.05, 0.1) is 6.54 Å². The number of nitrogens with zero attached hydrogens (tertiary/aromatic N) is 3. The summed E-state index contributed by atoms with van der Waals surface area (Å²) in [5.74, 6) is 1.87. The van der Waals surface area contributed by atoms with Crippen LogP contribution in [0.4, 0.5) is 0 Å². The molecule has 0 aliphatic heterocycles. The summed E-state index contributed by atoms with van der Waals surface area (Å²) in [5.41, 5.74) is 5.73. The smallest absolute Gasteiger partial charge is 0.191 e. The van der Waals surface area contributed by atoms with Crippen LogP contribution >= 0.6 is 11.8 Å². The van der Waals surface area contributed by atoms with Crippen molar-refractivity contribution in [2.45, 2.75) is 75.9 Å². The Kier molecular flexibility index (Phi) is 5.70. The Morgan fingerprint density at radius 1 is 1.21 bits per heavy atom. The van der Waals surface area contributed by atoms with Crippen molar-refractivity contribution in [1.29, 1.82) is 0 Å². The van der Waals surface area contributed by atoms with E-state index in [1.165, 1.54) is 32.1 Å². The number of aromatic nitrogens is 3. The highest BCUT2D eigenvalue weighted by molar-refractivity contribution is 7.99. The second kappa shape index (κ2) is 7.29. The lowest BCUT2D eigenvalue weighted by Crippen LogP contribution is -2.17. The number of hydrogen-bond donors (Lipinski definition) is 1. The van der Waals surface area contributed by atoms with Crippen LogP contribution in [-0.2, 0) is 13.1 Å². The van der Waals surface area contributed by atoms with E-state index >= 15 is 0 Å². The van der Waals surface area contributed by atoms with E-state index in [9.17, 15) is 0 Å². The van der Waals surface area contributed by atoms with Crippen LogP contribution < -0.4 is 5.73 Å². The van der Waals surface area contributed by atoms with Crippen molar-refractivity contribution >= 4 is 11.8 Å². The second-order valence-electron chi connectivity index (χ2n) is 5.42. The average Bonchev–Trinajstić information content (AvgIpc) is 2.82. The molecular formula is C14H26N4S. The van der Waals surface area contributed by atoms with Crippen LogP contribution in [0.3, 0.4) is 0 Å². The number of rotatable bonds is 6. The molecule has 1 aliphatic carbocycles. The molecule has 1 aromatic rings. The van der Waals surface area contributed by atoms with Gasteiger partial charge in [-0.2, -0.15) is 0 Å². The molecule has 5 heteroatoms. The molecule has 0 radical (unpaired) electrons. The molecule has 19 heavy (non-hydrogen) atoms. The van der Waals surface area contributed by atoms with E-state index in [1.807, 2.05) is 11.8 Å². The lowest BCUT2D eigenvalue weighted by Gasteiger charge is -2.27. The van der Waals surface area contributed by atoms with Crippen LogP contribution in [0, 0.1) is 5.92 Å². The predicted molar refractivity (Wildman–Crippen MR) is 80.1 cm³/mol. The molecule has 0 amide bonds. The molecule has 1 saturated carbocycles. The maximum Gasteiger partial charge on any atom is 0.191 e. The van der Waals surface area contributed by atoms with Crippen molar-refractivity contribution in [3.8, 4) is 0 Å².